The lowest BCUT2D eigenvalue weighted by molar-refractivity contribution is 0.571. The summed E-state index contributed by atoms with van der Waals surface area (Å²) in [5.41, 5.74) is 1.52. The van der Waals surface area contributed by atoms with Gasteiger partial charge in [0.2, 0.25) is 0 Å². The minimum atomic E-state index is -0.253. The van der Waals surface area contributed by atoms with Gasteiger partial charge in [-0.25, -0.2) is 4.39 Å². The Kier molecular flexibility index (Phi) is 4.38. The Balaban J connectivity index is 2.49. The standard InChI is InChI=1S/C14H12BrClFN/c1-18-14(9-4-2-5-10(16)8-9)11-6-3-7-12(15)13(11)17/h2-8,14,18H,1H3. The number of hydrogen-bond acceptors (Lipinski definition) is 1. The van der Waals surface area contributed by atoms with E-state index in [2.05, 4.69) is 21.2 Å². The van der Waals surface area contributed by atoms with E-state index in [1.165, 1.54) is 0 Å². The first-order valence-electron chi connectivity index (χ1n) is 5.50. The van der Waals surface area contributed by atoms with Gasteiger partial charge in [-0.05, 0) is 46.7 Å². The van der Waals surface area contributed by atoms with E-state index in [0.717, 1.165) is 5.56 Å². The highest BCUT2D eigenvalue weighted by molar-refractivity contribution is 9.10. The van der Waals surface area contributed by atoms with E-state index in [0.29, 0.717) is 15.1 Å². The fourth-order valence-electron chi connectivity index (χ4n) is 1.93. The molecular weight excluding hydrogens is 317 g/mol. The summed E-state index contributed by atoms with van der Waals surface area (Å²) in [7, 11) is 1.80. The summed E-state index contributed by atoms with van der Waals surface area (Å²) in [6, 6.07) is 12.5. The maximum Gasteiger partial charge on any atom is 0.142 e. The molecule has 0 aliphatic heterocycles. The first-order chi connectivity index (χ1) is 8.63. The lowest BCUT2D eigenvalue weighted by atomic mass is 9.98. The summed E-state index contributed by atoms with van der Waals surface area (Å²) in [5.74, 6) is -0.253. The number of halogens is 3. The largest absolute Gasteiger partial charge is 0.309 e. The van der Waals surface area contributed by atoms with Crippen LogP contribution in [0.3, 0.4) is 0 Å². The Labute approximate surface area is 119 Å². The minimum absolute atomic E-state index is 0.221. The van der Waals surface area contributed by atoms with Crippen LogP contribution >= 0.6 is 27.5 Å². The smallest absolute Gasteiger partial charge is 0.142 e. The fourth-order valence-corrected chi connectivity index (χ4v) is 2.51. The SMILES string of the molecule is CNC(c1cccc(Cl)c1)c1cccc(Br)c1F. The third-order valence-electron chi connectivity index (χ3n) is 2.76. The van der Waals surface area contributed by atoms with Crippen LogP contribution in [0.5, 0.6) is 0 Å². The van der Waals surface area contributed by atoms with Crippen molar-refractivity contribution in [1.29, 1.82) is 0 Å². The second-order valence-corrected chi connectivity index (χ2v) is 5.21. The van der Waals surface area contributed by atoms with Crippen molar-refractivity contribution < 1.29 is 4.39 Å². The summed E-state index contributed by atoms with van der Waals surface area (Å²) in [6.07, 6.45) is 0. The fraction of sp³-hybridized carbons (Fsp3) is 0.143. The number of nitrogens with one attached hydrogen (secondary N) is 1. The van der Waals surface area contributed by atoms with Crippen LogP contribution in [0.15, 0.2) is 46.9 Å². The zero-order valence-electron chi connectivity index (χ0n) is 9.75. The molecule has 0 aromatic heterocycles. The summed E-state index contributed by atoms with van der Waals surface area (Å²) in [6.45, 7) is 0. The van der Waals surface area contributed by atoms with Gasteiger partial charge in [-0.3, -0.25) is 0 Å². The van der Waals surface area contributed by atoms with Crippen molar-refractivity contribution in [3.63, 3.8) is 0 Å². The van der Waals surface area contributed by atoms with Gasteiger partial charge in [-0.15, -0.1) is 0 Å². The topological polar surface area (TPSA) is 12.0 Å². The van der Waals surface area contributed by atoms with Gasteiger partial charge in [-0.1, -0.05) is 35.9 Å². The van der Waals surface area contributed by atoms with Crippen LogP contribution in [0.4, 0.5) is 4.39 Å². The van der Waals surface area contributed by atoms with Crippen LogP contribution in [0.1, 0.15) is 17.2 Å². The van der Waals surface area contributed by atoms with Gasteiger partial charge >= 0.3 is 0 Å². The van der Waals surface area contributed by atoms with Crippen molar-refractivity contribution in [3.05, 3.63) is 68.9 Å². The van der Waals surface area contributed by atoms with E-state index < -0.39 is 0 Å². The molecule has 0 aliphatic rings. The quantitative estimate of drug-likeness (QED) is 0.871. The van der Waals surface area contributed by atoms with Gasteiger partial charge in [-0.2, -0.15) is 0 Å². The third-order valence-corrected chi connectivity index (χ3v) is 3.61. The van der Waals surface area contributed by atoms with Crippen molar-refractivity contribution >= 4 is 27.5 Å². The molecule has 94 valence electrons. The molecule has 4 heteroatoms. The molecule has 1 unspecified atom stereocenters. The zero-order valence-corrected chi connectivity index (χ0v) is 12.1. The van der Waals surface area contributed by atoms with Crippen molar-refractivity contribution in [1.82, 2.24) is 5.32 Å². The van der Waals surface area contributed by atoms with Gasteiger partial charge in [0.1, 0.15) is 5.82 Å². The average Bonchev–Trinajstić information content (AvgIpc) is 2.35. The van der Waals surface area contributed by atoms with E-state index in [1.807, 2.05) is 24.3 Å². The van der Waals surface area contributed by atoms with Gasteiger partial charge in [0.05, 0.1) is 10.5 Å². The maximum absolute atomic E-state index is 14.1. The maximum atomic E-state index is 14.1. The predicted octanol–water partition coefficient (Wildman–Crippen LogP) is 4.55. The number of benzene rings is 2. The van der Waals surface area contributed by atoms with Gasteiger partial charge in [0.15, 0.2) is 0 Å². The molecule has 0 heterocycles. The highest BCUT2D eigenvalue weighted by Gasteiger charge is 2.17. The Bertz CT molecular complexity index is 559. The predicted molar refractivity (Wildman–Crippen MR) is 76.5 cm³/mol. The lowest BCUT2D eigenvalue weighted by Crippen LogP contribution is -2.19. The van der Waals surface area contributed by atoms with Crippen LogP contribution in [0.25, 0.3) is 0 Å². The van der Waals surface area contributed by atoms with Gasteiger partial charge in [0.25, 0.3) is 0 Å². The highest BCUT2D eigenvalue weighted by atomic mass is 79.9. The van der Waals surface area contributed by atoms with Crippen molar-refractivity contribution in [2.24, 2.45) is 0 Å². The molecule has 2 rings (SSSR count). The number of rotatable bonds is 3. The van der Waals surface area contributed by atoms with Crippen molar-refractivity contribution in [2.75, 3.05) is 7.05 Å². The molecular formula is C14H12BrClFN. The first kappa shape index (κ1) is 13.5. The second-order valence-electron chi connectivity index (χ2n) is 3.92. The zero-order chi connectivity index (χ0) is 13.1. The molecule has 0 spiro atoms. The van der Waals surface area contributed by atoms with E-state index in [9.17, 15) is 4.39 Å². The van der Waals surface area contributed by atoms with Crippen LogP contribution in [-0.4, -0.2) is 7.05 Å². The molecule has 18 heavy (non-hydrogen) atoms. The Morgan fingerprint density at radius 2 is 1.94 bits per heavy atom. The molecule has 0 saturated heterocycles. The molecule has 2 aromatic rings. The Morgan fingerprint density at radius 3 is 2.61 bits per heavy atom. The van der Waals surface area contributed by atoms with Crippen LogP contribution < -0.4 is 5.32 Å². The summed E-state index contributed by atoms with van der Waals surface area (Å²) in [4.78, 5) is 0. The monoisotopic (exact) mass is 327 g/mol. The molecule has 0 saturated carbocycles. The molecule has 0 aliphatic carbocycles. The molecule has 1 N–H and O–H groups in total. The van der Waals surface area contributed by atoms with E-state index in [4.69, 9.17) is 11.6 Å². The second kappa shape index (κ2) is 5.83. The average molecular weight is 329 g/mol. The Morgan fingerprint density at radius 1 is 1.22 bits per heavy atom. The number of hydrogen-bond donors (Lipinski definition) is 1. The van der Waals surface area contributed by atoms with Crippen molar-refractivity contribution in [3.8, 4) is 0 Å². The van der Waals surface area contributed by atoms with E-state index in [1.54, 1.807) is 25.2 Å². The molecule has 0 fully saturated rings. The molecule has 2 aromatic carbocycles. The lowest BCUT2D eigenvalue weighted by Gasteiger charge is -2.18. The Hall–Kier alpha value is -0.900. The summed E-state index contributed by atoms with van der Waals surface area (Å²) < 4.78 is 14.6. The molecule has 0 bridgehead atoms. The summed E-state index contributed by atoms with van der Waals surface area (Å²) in [5, 5.41) is 3.75. The van der Waals surface area contributed by atoms with E-state index in [-0.39, 0.29) is 11.9 Å². The summed E-state index contributed by atoms with van der Waals surface area (Å²) >= 11 is 9.18. The minimum Gasteiger partial charge on any atom is -0.309 e. The van der Waals surface area contributed by atoms with Crippen LogP contribution in [0, 0.1) is 5.82 Å². The van der Waals surface area contributed by atoms with E-state index >= 15 is 0 Å². The van der Waals surface area contributed by atoms with Gasteiger partial charge < -0.3 is 5.32 Å². The first-order valence-corrected chi connectivity index (χ1v) is 6.67. The van der Waals surface area contributed by atoms with Crippen molar-refractivity contribution in [2.45, 2.75) is 6.04 Å². The highest BCUT2D eigenvalue weighted by Crippen LogP contribution is 2.29. The van der Waals surface area contributed by atoms with Crippen LogP contribution in [0.2, 0.25) is 5.02 Å². The van der Waals surface area contributed by atoms with Gasteiger partial charge in [0, 0.05) is 10.6 Å². The normalized spacial score (nSPS) is 12.4. The molecule has 0 amide bonds. The van der Waals surface area contributed by atoms with Crippen LogP contribution in [-0.2, 0) is 0 Å². The molecule has 1 atom stereocenters. The molecule has 1 nitrogen and oxygen atoms in total. The molecule has 0 radical (unpaired) electrons. The third kappa shape index (κ3) is 2.74.